The van der Waals surface area contributed by atoms with Crippen molar-refractivity contribution in [1.82, 2.24) is 5.32 Å². The average Bonchev–Trinajstić information content (AvgIpc) is 2.40. The smallest absolute Gasteiger partial charge is 0.0502 e. The van der Waals surface area contributed by atoms with E-state index in [0.717, 1.165) is 0 Å². The lowest BCUT2D eigenvalue weighted by molar-refractivity contribution is 0.397. The molecular weight excluding hydrogens is 232 g/mol. The van der Waals surface area contributed by atoms with Gasteiger partial charge in [0.25, 0.3) is 0 Å². The SMILES string of the molecule is CC(/C=C(\C)NC1CCCCC1)=NC1CCCCC1. The summed E-state index contributed by atoms with van der Waals surface area (Å²) in [5, 5.41) is 3.67. The quantitative estimate of drug-likeness (QED) is 0.735. The Bertz CT molecular complexity index is 318. The summed E-state index contributed by atoms with van der Waals surface area (Å²) in [6.07, 6.45) is 15.8. The molecule has 0 bridgehead atoms. The van der Waals surface area contributed by atoms with Gasteiger partial charge in [0.15, 0.2) is 0 Å². The second-order valence-corrected chi connectivity index (χ2v) is 6.37. The van der Waals surface area contributed by atoms with E-state index in [1.54, 1.807) is 0 Å². The van der Waals surface area contributed by atoms with E-state index in [-0.39, 0.29) is 0 Å². The first kappa shape index (κ1) is 14.6. The molecule has 2 aliphatic carbocycles. The van der Waals surface area contributed by atoms with Gasteiger partial charge in [-0.25, -0.2) is 0 Å². The van der Waals surface area contributed by atoms with Crippen molar-refractivity contribution in [1.29, 1.82) is 0 Å². The summed E-state index contributed by atoms with van der Waals surface area (Å²) in [5.41, 5.74) is 2.50. The van der Waals surface area contributed by atoms with Crippen molar-refractivity contribution in [3.8, 4) is 0 Å². The van der Waals surface area contributed by atoms with Gasteiger partial charge in [-0.05, 0) is 45.6 Å². The molecule has 0 saturated heterocycles. The topological polar surface area (TPSA) is 24.4 Å². The van der Waals surface area contributed by atoms with Crippen molar-refractivity contribution in [2.75, 3.05) is 0 Å². The number of hydrogen-bond acceptors (Lipinski definition) is 2. The lowest BCUT2D eigenvalue weighted by Crippen LogP contribution is -2.29. The van der Waals surface area contributed by atoms with Gasteiger partial charge >= 0.3 is 0 Å². The summed E-state index contributed by atoms with van der Waals surface area (Å²) in [4.78, 5) is 4.87. The van der Waals surface area contributed by atoms with Gasteiger partial charge in [-0.3, -0.25) is 4.99 Å². The summed E-state index contributed by atoms with van der Waals surface area (Å²) in [5.74, 6) is 0. The normalized spacial score (nSPS) is 24.5. The highest BCUT2D eigenvalue weighted by atomic mass is 14.9. The van der Waals surface area contributed by atoms with Gasteiger partial charge in [-0.1, -0.05) is 38.5 Å². The van der Waals surface area contributed by atoms with E-state index < -0.39 is 0 Å². The fraction of sp³-hybridized carbons (Fsp3) is 0.824. The molecule has 0 unspecified atom stereocenters. The van der Waals surface area contributed by atoms with Gasteiger partial charge in [-0.2, -0.15) is 0 Å². The molecule has 19 heavy (non-hydrogen) atoms. The number of aliphatic imine (C=N–C) groups is 1. The number of rotatable bonds is 4. The van der Waals surface area contributed by atoms with Crippen molar-refractivity contribution < 1.29 is 0 Å². The molecule has 0 heterocycles. The van der Waals surface area contributed by atoms with Crippen LogP contribution < -0.4 is 5.32 Å². The lowest BCUT2D eigenvalue weighted by atomic mass is 9.95. The molecule has 1 N–H and O–H groups in total. The Morgan fingerprint density at radius 2 is 1.47 bits per heavy atom. The molecule has 2 fully saturated rings. The molecule has 0 aromatic heterocycles. The van der Waals surface area contributed by atoms with Crippen molar-refractivity contribution >= 4 is 5.71 Å². The number of nitrogens with zero attached hydrogens (tertiary/aromatic N) is 1. The zero-order valence-corrected chi connectivity index (χ0v) is 12.8. The van der Waals surface area contributed by atoms with Crippen LogP contribution in [0, 0.1) is 0 Å². The van der Waals surface area contributed by atoms with Crippen LogP contribution >= 0.6 is 0 Å². The van der Waals surface area contributed by atoms with E-state index >= 15 is 0 Å². The predicted molar refractivity (Wildman–Crippen MR) is 83.7 cm³/mol. The zero-order chi connectivity index (χ0) is 13.5. The average molecular weight is 262 g/mol. The first-order valence-electron chi connectivity index (χ1n) is 8.23. The molecule has 0 radical (unpaired) electrons. The maximum absolute atomic E-state index is 4.87. The van der Waals surface area contributed by atoms with E-state index in [0.29, 0.717) is 12.1 Å². The van der Waals surface area contributed by atoms with Crippen LogP contribution in [0.1, 0.15) is 78.1 Å². The Labute approximate surface area is 118 Å². The summed E-state index contributed by atoms with van der Waals surface area (Å²) in [6, 6.07) is 1.29. The molecule has 0 amide bonds. The molecule has 0 spiro atoms. The van der Waals surface area contributed by atoms with Gasteiger partial charge in [0.05, 0.1) is 6.04 Å². The Morgan fingerprint density at radius 3 is 2.11 bits per heavy atom. The minimum atomic E-state index is 0.590. The van der Waals surface area contributed by atoms with E-state index in [2.05, 4.69) is 25.2 Å². The summed E-state index contributed by atoms with van der Waals surface area (Å²) in [6.45, 7) is 4.34. The molecule has 2 heteroatoms. The van der Waals surface area contributed by atoms with Crippen molar-refractivity contribution in [3.63, 3.8) is 0 Å². The minimum Gasteiger partial charge on any atom is -0.386 e. The van der Waals surface area contributed by atoms with E-state index in [9.17, 15) is 0 Å². The molecule has 0 aliphatic heterocycles. The molecule has 0 aromatic carbocycles. The number of hydrogen-bond donors (Lipinski definition) is 1. The highest BCUT2D eigenvalue weighted by Gasteiger charge is 2.13. The van der Waals surface area contributed by atoms with E-state index in [1.807, 2.05) is 0 Å². The molecule has 108 valence electrons. The molecule has 2 aliphatic rings. The first-order chi connectivity index (χ1) is 9.24. The van der Waals surface area contributed by atoms with Gasteiger partial charge in [0.1, 0.15) is 0 Å². The zero-order valence-electron chi connectivity index (χ0n) is 12.8. The second kappa shape index (κ2) is 7.72. The fourth-order valence-electron chi connectivity index (χ4n) is 3.46. The molecule has 2 nitrogen and oxygen atoms in total. The molecule has 0 aromatic rings. The van der Waals surface area contributed by atoms with Gasteiger partial charge in [-0.15, -0.1) is 0 Å². The minimum absolute atomic E-state index is 0.590. The summed E-state index contributed by atoms with van der Waals surface area (Å²) in [7, 11) is 0. The van der Waals surface area contributed by atoms with Crippen LogP contribution in [-0.4, -0.2) is 17.8 Å². The van der Waals surface area contributed by atoms with E-state index in [4.69, 9.17) is 4.99 Å². The van der Waals surface area contributed by atoms with Gasteiger partial charge in [0.2, 0.25) is 0 Å². The number of allylic oxidation sites excluding steroid dienone is 2. The van der Waals surface area contributed by atoms with Crippen LogP contribution in [0.4, 0.5) is 0 Å². The molecule has 0 atom stereocenters. The Morgan fingerprint density at radius 1 is 0.895 bits per heavy atom. The standard InChI is InChI=1S/C17H30N2/c1-14(18-16-9-5-3-6-10-16)13-15(2)19-17-11-7-4-8-12-17/h13,16-18H,3-12H2,1-2H3/b14-13+,19-15?. The van der Waals surface area contributed by atoms with Crippen LogP contribution in [0.3, 0.4) is 0 Å². The second-order valence-electron chi connectivity index (χ2n) is 6.37. The Kier molecular flexibility index (Phi) is 5.93. The van der Waals surface area contributed by atoms with Crippen LogP contribution in [0.25, 0.3) is 0 Å². The Balaban J connectivity index is 1.82. The highest BCUT2D eigenvalue weighted by molar-refractivity contribution is 5.93. The van der Waals surface area contributed by atoms with Crippen molar-refractivity contribution in [2.24, 2.45) is 4.99 Å². The molecular formula is C17H30N2. The van der Waals surface area contributed by atoms with E-state index in [1.165, 1.54) is 75.6 Å². The van der Waals surface area contributed by atoms with Crippen LogP contribution in [0.15, 0.2) is 16.8 Å². The largest absolute Gasteiger partial charge is 0.386 e. The number of nitrogens with one attached hydrogen (secondary N) is 1. The van der Waals surface area contributed by atoms with Crippen molar-refractivity contribution in [3.05, 3.63) is 11.8 Å². The monoisotopic (exact) mass is 262 g/mol. The van der Waals surface area contributed by atoms with Gasteiger partial charge < -0.3 is 5.32 Å². The van der Waals surface area contributed by atoms with Crippen LogP contribution in [0.2, 0.25) is 0 Å². The summed E-state index contributed by atoms with van der Waals surface area (Å²) < 4.78 is 0. The first-order valence-corrected chi connectivity index (χ1v) is 8.23. The maximum atomic E-state index is 4.87. The van der Waals surface area contributed by atoms with Crippen LogP contribution in [0.5, 0.6) is 0 Å². The third kappa shape index (κ3) is 5.38. The highest BCUT2D eigenvalue weighted by Crippen LogP contribution is 2.21. The fourth-order valence-corrected chi connectivity index (χ4v) is 3.46. The molecule has 2 saturated carbocycles. The third-order valence-electron chi connectivity index (χ3n) is 4.42. The van der Waals surface area contributed by atoms with Crippen LogP contribution in [-0.2, 0) is 0 Å². The predicted octanol–water partition coefficient (Wildman–Crippen LogP) is 4.61. The lowest BCUT2D eigenvalue weighted by Gasteiger charge is -2.24. The third-order valence-corrected chi connectivity index (χ3v) is 4.42. The molecule has 2 rings (SSSR count). The Hall–Kier alpha value is -0.790. The maximum Gasteiger partial charge on any atom is 0.0502 e. The van der Waals surface area contributed by atoms with Gasteiger partial charge in [0, 0.05) is 17.5 Å². The summed E-state index contributed by atoms with van der Waals surface area (Å²) >= 11 is 0. The van der Waals surface area contributed by atoms with Crippen molar-refractivity contribution in [2.45, 2.75) is 90.1 Å².